The maximum atomic E-state index is 13.0. The number of piperidine rings is 1. The molecule has 0 spiro atoms. The first-order valence-corrected chi connectivity index (χ1v) is 11.0. The molecule has 0 aliphatic carbocycles. The summed E-state index contributed by atoms with van der Waals surface area (Å²) in [4.78, 5) is 4.74. The molecule has 1 saturated heterocycles. The molecule has 2 heterocycles. The number of sulfonamides is 1. The second kappa shape index (κ2) is 8.14. The number of methoxy groups -OCH3 is 1. The number of para-hydroxylation sites is 1. The minimum Gasteiger partial charge on any atom is -0.496 e. The lowest BCUT2D eigenvalue weighted by Crippen LogP contribution is -2.39. The number of nitrogens with zero attached hydrogens (tertiary/aromatic N) is 3. The Morgan fingerprint density at radius 3 is 2.69 bits per heavy atom. The predicted molar refractivity (Wildman–Crippen MR) is 108 cm³/mol. The summed E-state index contributed by atoms with van der Waals surface area (Å²) in [6, 6.07) is 13.6. The van der Waals surface area contributed by atoms with Crippen LogP contribution in [0.2, 0.25) is 5.02 Å². The van der Waals surface area contributed by atoms with Gasteiger partial charge in [-0.2, -0.15) is 9.29 Å². The normalized spacial score (nSPS) is 17.9. The molecule has 1 atom stereocenters. The lowest BCUT2D eigenvalue weighted by Gasteiger charge is -2.30. The fourth-order valence-electron chi connectivity index (χ4n) is 3.46. The Labute approximate surface area is 174 Å². The van der Waals surface area contributed by atoms with Gasteiger partial charge in [-0.05, 0) is 49.2 Å². The maximum Gasteiger partial charge on any atom is 0.243 e. The van der Waals surface area contributed by atoms with E-state index < -0.39 is 10.0 Å². The topological polar surface area (TPSA) is 85.5 Å². The lowest BCUT2D eigenvalue weighted by molar-refractivity contribution is 0.265. The van der Waals surface area contributed by atoms with Crippen molar-refractivity contribution in [1.82, 2.24) is 14.4 Å². The van der Waals surface area contributed by atoms with Crippen LogP contribution in [0, 0.1) is 0 Å². The molecule has 0 bridgehead atoms. The molecular formula is C20H20ClN3O4S. The van der Waals surface area contributed by atoms with Crippen LogP contribution in [-0.4, -0.2) is 43.1 Å². The average molecular weight is 434 g/mol. The SMILES string of the molecule is COc1ccccc1-c1noc(C2CCCN(S(=O)(=O)c3ccc(Cl)cc3)C2)n1. The standard InChI is InChI=1S/C20H20ClN3O4S/c1-27-18-7-3-2-6-17(18)19-22-20(28-23-19)14-5-4-12-24(13-14)29(25,26)16-10-8-15(21)9-11-16/h2-3,6-11,14H,4-5,12-13H2,1H3. The van der Waals surface area contributed by atoms with Crippen molar-refractivity contribution in [3.05, 3.63) is 59.4 Å². The Bertz CT molecular complexity index is 1100. The van der Waals surface area contributed by atoms with Crippen molar-refractivity contribution in [3.8, 4) is 17.1 Å². The highest BCUT2D eigenvalue weighted by Gasteiger charge is 2.33. The number of ether oxygens (including phenoxy) is 1. The van der Waals surface area contributed by atoms with Crippen LogP contribution < -0.4 is 4.74 Å². The third kappa shape index (κ3) is 4.01. The molecular weight excluding hydrogens is 414 g/mol. The zero-order chi connectivity index (χ0) is 20.4. The number of hydrogen-bond acceptors (Lipinski definition) is 6. The molecule has 7 nitrogen and oxygen atoms in total. The van der Waals surface area contributed by atoms with E-state index in [1.165, 1.54) is 16.4 Å². The average Bonchev–Trinajstić information content (AvgIpc) is 3.24. The van der Waals surface area contributed by atoms with Crippen molar-refractivity contribution in [1.29, 1.82) is 0 Å². The molecule has 4 rings (SSSR count). The quantitative estimate of drug-likeness (QED) is 0.605. The highest BCUT2D eigenvalue weighted by Crippen LogP contribution is 2.32. The first-order valence-electron chi connectivity index (χ1n) is 9.22. The number of halogens is 1. The van der Waals surface area contributed by atoms with Gasteiger partial charge in [-0.1, -0.05) is 28.9 Å². The summed E-state index contributed by atoms with van der Waals surface area (Å²) in [6.07, 6.45) is 1.49. The van der Waals surface area contributed by atoms with Crippen LogP contribution >= 0.6 is 11.6 Å². The predicted octanol–water partition coefficient (Wildman–Crippen LogP) is 3.97. The number of hydrogen-bond donors (Lipinski definition) is 0. The van der Waals surface area contributed by atoms with E-state index in [0.717, 1.165) is 12.0 Å². The molecule has 152 valence electrons. The van der Waals surface area contributed by atoms with Gasteiger partial charge in [-0.15, -0.1) is 0 Å². The van der Waals surface area contributed by atoms with Crippen molar-refractivity contribution in [2.24, 2.45) is 0 Å². The second-order valence-corrected chi connectivity index (χ2v) is 9.19. The minimum atomic E-state index is -3.61. The Kier molecular flexibility index (Phi) is 5.58. The molecule has 1 aliphatic heterocycles. The first-order chi connectivity index (χ1) is 14.0. The van der Waals surface area contributed by atoms with E-state index in [1.54, 1.807) is 19.2 Å². The fourth-order valence-corrected chi connectivity index (χ4v) is 5.11. The van der Waals surface area contributed by atoms with E-state index in [4.69, 9.17) is 20.9 Å². The van der Waals surface area contributed by atoms with Crippen molar-refractivity contribution in [2.45, 2.75) is 23.7 Å². The van der Waals surface area contributed by atoms with E-state index >= 15 is 0 Å². The third-order valence-electron chi connectivity index (χ3n) is 4.97. The molecule has 1 aliphatic rings. The molecule has 0 radical (unpaired) electrons. The van der Waals surface area contributed by atoms with Crippen LogP contribution in [0.4, 0.5) is 0 Å². The summed E-state index contributed by atoms with van der Waals surface area (Å²) < 4.78 is 38.3. The Balaban J connectivity index is 1.56. The van der Waals surface area contributed by atoms with Gasteiger partial charge in [0.15, 0.2) is 0 Å². The molecule has 0 saturated carbocycles. The molecule has 2 aromatic carbocycles. The smallest absolute Gasteiger partial charge is 0.243 e. The highest BCUT2D eigenvalue weighted by molar-refractivity contribution is 7.89. The van der Waals surface area contributed by atoms with E-state index in [9.17, 15) is 8.42 Å². The Morgan fingerprint density at radius 2 is 1.93 bits per heavy atom. The molecule has 0 amide bonds. The van der Waals surface area contributed by atoms with Gasteiger partial charge in [0.25, 0.3) is 0 Å². The van der Waals surface area contributed by atoms with E-state index in [2.05, 4.69) is 10.1 Å². The van der Waals surface area contributed by atoms with Gasteiger partial charge in [-0.3, -0.25) is 0 Å². The molecule has 29 heavy (non-hydrogen) atoms. The fraction of sp³-hybridized carbons (Fsp3) is 0.300. The second-order valence-electron chi connectivity index (χ2n) is 6.81. The van der Waals surface area contributed by atoms with Crippen LogP contribution in [0.25, 0.3) is 11.4 Å². The Hall–Kier alpha value is -2.42. The summed E-state index contributed by atoms with van der Waals surface area (Å²) in [7, 11) is -2.03. The summed E-state index contributed by atoms with van der Waals surface area (Å²) in [6.45, 7) is 0.744. The number of rotatable bonds is 5. The minimum absolute atomic E-state index is 0.165. The highest BCUT2D eigenvalue weighted by atomic mass is 35.5. The van der Waals surface area contributed by atoms with E-state index in [1.807, 2.05) is 24.3 Å². The summed E-state index contributed by atoms with van der Waals surface area (Å²) in [5.74, 6) is 1.34. The summed E-state index contributed by atoms with van der Waals surface area (Å²) in [5.41, 5.74) is 0.728. The molecule has 0 N–H and O–H groups in total. The van der Waals surface area contributed by atoms with Crippen molar-refractivity contribution < 1.29 is 17.7 Å². The molecule has 1 fully saturated rings. The summed E-state index contributed by atoms with van der Waals surface area (Å²) >= 11 is 5.88. The van der Waals surface area contributed by atoms with Crippen LogP contribution in [0.3, 0.4) is 0 Å². The largest absolute Gasteiger partial charge is 0.496 e. The summed E-state index contributed by atoms with van der Waals surface area (Å²) in [5, 5.41) is 4.57. The molecule has 1 unspecified atom stereocenters. The maximum absolute atomic E-state index is 13.0. The van der Waals surface area contributed by atoms with Gasteiger partial charge < -0.3 is 9.26 Å². The van der Waals surface area contributed by atoms with Crippen molar-refractivity contribution >= 4 is 21.6 Å². The number of aromatic nitrogens is 2. The number of benzene rings is 2. The molecule has 1 aromatic heterocycles. The Morgan fingerprint density at radius 1 is 1.17 bits per heavy atom. The van der Waals surface area contributed by atoms with Gasteiger partial charge in [0.2, 0.25) is 21.7 Å². The zero-order valence-corrected chi connectivity index (χ0v) is 17.4. The van der Waals surface area contributed by atoms with Crippen molar-refractivity contribution in [2.75, 3.05) is 20.2 Å². The van der Waals surface area contributed by atoms with Crippen LogP contribution in [-0.2, 0) is 10.0 Å². The van der Waals surface area contributed by atoms with Gasteiger partial charge in [0.05, 0.1) is 23.5 Å². The van der Waals surface area contributed by atoms with Gasteiger partial charge in [0, 0.05) is 18.1 Å². The molecule has 9 heteroatoms. The van der Waals surface area contributed by atoms with Gasteiger partial charge >= 0.3 is 0 Å². The lowest BCUT2D eigenvalue weighted by atomic mass is 10.00. The monoisotopic (exact) mass is 433 g/mol. The van der Waals surface area contributed by atoms with E-state index in [-0.39, 0.29) is 10.8 Å². The van der Waals surface area contributed by atoms with Crippen LogP contribution in [0.5, 0.6) is 5.75 Å². The first kappa shape index (κ1) is 19.9. The van der Waals surface area contributed by atoms with Crippen LogP contribution in [0.1, 0.15) is 24.7 Å². The van der Waals surface area contributed by atoms with Crippen LogP contribution in [0.15, 0.2) is 57.9 Å². The van der Waals surface area contributed by atoms with Gasteiger partial charge in [0.1, 0.15) is 5.75 Å². The zero-order valence-electron chi connectivity index (χ0n) is 15.8. The van der Waals surface area contributed by atoms with Crippen molar-refractivity contribution in [3.63, 3.8) is 0 Å². The third-order valence-corrected chi connectivity index (χ3v) is 7.11. The molecule has 3 aromatic rings. The van der Waals surface area contributed by atoms with Gasteiger partial charge in [-0.25, -0.2) is 8.42 Å². The van der Waals surface area contributed by atoms with E-state index in [0.29, 0.717) is 42.0 Å².